The fraction of sp³-hybridized carbons (Fsp3) is 0.647. The molecule has 0 aromatic carbocycles. The largest absolute Gasteiger partial charge is 0.381 e. The topological polar surface area (TPSA) is 63.2 Å². The van der Waals surface area contributed by atoms with E-state index in [-0.39, 0.29) is 16.9 Å². The number of imidazole rings is 1. The van der Waals surface area contributed by atoms with E-state index in [0.717, 1.165) is 12.8 Å². The zero-order chi connectivity index (χ0) is 18.4. The molecule has 0 bridgehead atoms. The lowest BCUT2D eigenvalue weighted by molar-refractivity contribution is 0.0697. The normalized spacial score (nSPS) is 15.4. The number of halogens is 2. The van der Waals surface area contributed by atoms with Gasteiger partial charge in [-0.3, -0.25) is 4.57 Å². The Bertz CT molecular complexity index is 731. The molecule has 0 radical (unpaired) electrons. The van der Waals surface area contributed by atoms with Crippen LogP contribution in [0.25, 0.3) is 11.2 Å². The molecule has 1 N–H and O–H groups in total. The van der Waals surface area contributed by atoms with Crippen LogP contribution in [0.2, 0.25) is 5.15 Å². The predicted octanol–water partition coefficient (Wildman–Crippen LogP) is 3.22. The molecule has 0 amide bonds. The van der Waals surface area contributed by atoms with Gasteiger partial charge >= 0.3 is 5.69 Å². The summed E-state index contributed by atoms with van der Waals surface area (Å²) in [4.78, 5) is 20.8. The molecule has 3 rings (SSSR count). The Balaban J connectivity index is 0.000000277. The number of H-pyrrole nitrogens is 1. The Morgan fingerprint density at radius 1 is 1.32 bits per heavy atom. The van der Waals surface area contributed by atoms with Gasteiger partial charge in [0.15, 0.2) is 16.6 Å². The van der Waals surface area contributed by atoms with Crippen molar-refractivity contribution in [1.29, 1.82) is 0 Å². The molecular formula is C17H26ClFN4O2. The number of nitrogens with one attached hydrogen (secondary N) is 1. The molecule has 6 nitrogen and oxygen atoms in total. The average Bonchev–Trinajstić information content (AvgIpc) is 2.93. The zero-order valence-corrected chi connectivity index (χ0v) is 15.8. The number of rotatable bonds is 4. The van der Waals surface area contributed by atoms with E-state index in [9.17, 15) is 9.18 Å². The van der Waals surface area contributed by atoms with Gasteiger partial charge < -0.3 is 14.6 Å². The minimum Gasteiger partial charge on any atom is -0.381 e. The lowest BCUT2D eigenvalue weighted by atomic mass is 10.1. The molecule has 25 heavy (non-hydrogen) atoms. The van der Waals surface area contributed by atoms with Crippen LogP contribution in [0.15, 0.2) is 10.9 Å². The monoisotopic (exact) mass is 372 g/mol. The molecular weight excluding hydrogens is 347 g/mol. The van der Waals surface area contributed by atoms with Gasteiger partial charge in [0.25, 0.3) is 0 Å². The van der Waals surface area contributed by atoms with Crippen molar-refractivity contribution >= 4 is 22.8 Å². The number of hydrogen-bond donors (Lipinski definition) is 1. The van der Waals surface area contributed by atoms with Crippen molar-refractivity contribution < 1.29 is 9.13 Å². The van der Waals surface area contributed by atoms with Crippen LogP contribution in [0, 0.1) is 5.82 Å². The van der Waals surface area contributed by atoms with E-state index in [1.54, 1.807) is 4.57 Å². The first-order valence-corrected chi connectivity index (χ1v) is 9.15. The van der Waals surface area contributed by atoms with Gasteiger partial charge in [-0.05, 0) is 32.5 Å². The molecule has 8 heteroatoms. The Morgan fingerprint density at radius 2 is 1.92 bits per heavy atom. The Kier molecular flexibility index (Phi) is 7.40. The third-order valence-electron chi connectivity index (χ3n) is 4.50. The summed E-state index contributed by atoms with van der Waals surface area (Å²) in [7, 11) is 0. The smallest absolute Gasteiger partial charge is 0.327 e. The maximum atomic E-state index is 13.3. The van der Waals surface area contributed by atoms with Gasteiger partial charge in [-0.1, -0.05) is 32.4 Å². The fourth-order valence-corrected chi connectivity index (χ4v) is 3.09. The molecule has 2 aromatic rings. The molecule has 1 aliphatic heterocycles. The van der Waals surface area contributed by atoms with Crippen LogP contribution >= 0.6 is 11.6 Å². The van der Waals surface area contributed by atoms with Gasteiger partial charge in [0.1, 0.15) is 0 Å². The number of aromatic amines is 1. The van der Waals surface area contributed by atoms with Gasteiger partial charge in [0.2, 0.25) is 0 Å². The number of hydrogen-bond acceptors (Lipinski definition) is 4. The highest BCUT2D eigenvalue weighted by atomic mass is 35.5. The summed E-state index contributed by atoms with van der Waals surface area (Å²) < 4.78 is 20.1. The van der Waals surface area contributed by atoms with Crippen LogP contribution in [-0.4, -0.2) is 52.3 Å². The van der Waals surface area contributed by atoms with Gasteiger partial charge in [0, 0.05) is 25.3 Å². The third kappa shape index (κ3) is 4.80. The highest BCUT2D eigenvalue weighted by Crippen LogP contribution is 2.24. The molecule has 1 aliphatic rings. The van der Waals surface area contributed by atoms with Crippen molar-refractivity contribution in [2.24, 2.45) is 0 Å². The minimum atomic E-state index is -0.635. The van der Waals surface area contributed by atoms with Gasteiger partial charge in [-0.15, -0.1) is 0 Å². The van der Waals surface area contributed by atoms with E-state index in [2.05, 4.69) is 35.6 Å². The molecule has 0 spiro atoms. The van der Waals surface area contributed by atoms with E-state index in [1.165, 1.54) is 25.7 Å². The van der Waals surface area contributed by atoms with Crippen LogP contribution < -0.4 is 5.69 Å². The van der Waals surface area contributed by atoms with Gasteiger partial charge in [0.05, 0.1) is 5.52 Å². The Morgan fingerprint density at radius 3 is 2.44 bits per heavy atom. The quantitative estimate of drug-likeness (QED) is 0.837. The van der Waals surface area contributed by atoms with E-state index >= 15 is 0 Å². The van der Waals surface area contributed by atoms with Gasteiger partial charge in [-0.2, -0.15) is 0 Å². The van der Waals surface area contributed by atoms with Crippen molar-refractivity contribution in [2.45, 2.75) is 39.7 Å². The Labute approximate surface area is 151 Å². The van der Waals surface area contributed by atoms with E-state index < -0.39 is 5.82 Å². The second-order valence-electron chi connectivity index (χ2n) is 5.90. The van der Waals surface area contributed by atoms with Crippen LogP contribution in [0.3, 0.4) is 0 Å². The van der Waals surface area contributed by atoms with E-state index in [1.807, 2.05) is 0 Å². The van der Waals surface area contributed by atoms with E-state index in [4.69, 9.17) is 16.3 Å². The van der Waals surface area contributed by atoms with Crippen molar-refractivity contribution in [3.63, 3.8) is 0 Å². The molecule has 0 aliphatic carbocycles. The van der Waals surface area contributed by atoms with Crippen molar-refractivity contribution in [3.8, 4) is 0 Å². The second kappa shape index (κ2) is 9.31. The number of pyridine rings is 1. The standard InChI is InChI=1S/C11H11ClFN3O2.C6H15N/c12-9-7(13)5-8-10(15-9)16(11(17)14-8)6-1-3-18-4-2-6;1-4-7(5-2)6-3/h5-6H,1-4H2,(H,14,17);4-6H2,1-3H3. The molecule has 1 fully saturated rings. The van der Waals surface area contributed by atoms with Crippen molar-refractivity contribution in [3.05, 3.63) is 27.5 Å². The number of ether oxygens (including phenoxy) is 1. The highest BCUT2D eigenvalue weighted by Gasteiger charge is 2.21. The molecule has 0 saturated carbocycles. The second-order valence-corrected chi connectivity index (χ2v) is 6.25. The predicted molar refractivity (Wildman–Crippen MR) is 97.9 cm³/mol. The third-order valence-corrected chi connectivity index (χ3v) is 4.76. The molecule has 140 valence electrons. The number of fused-ring (bicyclic) bond motifs is 1. The summed E-state index contributed by atoms with van der Waals surface area (Å²) in [5.74, 6) is -0.635. The van der Waals surface area contributed by atoms with Gasteiger partial charge in [-0.25, -0.2) is 14.2 Å². The maximum Gasteiger partial charge on any atom is 0.327 e. The lowest BCUT2D eigenvalue weighted by Crippen LogP contribution is -2.27. The molecule has 1 saturated heterocycles. The molecule has 3 heterocycles. The minimum absolute atomic E-state index is 0.0222. The highest BCUT2D eigenvalue weighted by molar-refractivity contribution is 6.29. The van der Waals surface area contributed by atoms with Crippen molar-refractivity contribution in [2.75, 3.05) is 32.8 Å². The molecule has 0 atom stereocenters. The van der Waals surface area contributed by atoms with Crippen LogP contribution in [-0.2, 0) is 4.74 Å². The fourth-order valence-electron chi connectivity index (χ4n) is 2.96. The first-order chi connectivity index (χ1) is 12.0. The SMILES string of the molecule is CCN(CC)CC.O=c1[nH]c2cc(F)c(Cl)nc2n1C1CCOCC1. The summed E-state index contributed by atoms with van der Waals surface area (Å²) in [6.45, 7) is 11.3. The summed E-state index contributed by atoms with van der Waals surface area (Å²) in [6, 6.07) is 1.22. The van der Waals surface area contributed by atoms with Crippen LogP contribution in [0.1, 0.15) is 39.7 Å². The molecule has 0 unspecified atom stereocenters. The van der Waals surface area contributed by atoms with Crippen LogP contribution in [0.4, 0.5) is 4.39 Å². The number of nitrogens with zero attached hydrogens (tertiary/aromatic N) is 3. The summed E-state index contributed by atoms with van der Waals surface area (Å²) >= 11 is 5.67. The first-order valence-electron chi connectivity index (χ1n) is 8.78. The maximum absolute atomic E-state index is 13.3. The van der Waals surface area contributed by atoms with Crippen molar-refractivity contribution in [1.82, 2.24) is 19.4 Å². The number of aromatic nitrogens is 3. The summed E-state index contributed by atoms with van der Waals surface area (Å²) in [5, 5.41) is -0.220. The zero-order valence-electron chi connectivity index (χ0n) is 15.0. The first kappa shape index (κ1) is 19.9. The average molecular weight is 373 g/mol. The van der Waals surface area contributed by atoms with E-state index in [0.29, 0.717) is 24.4 Å². The lowest BCUT2D eigenvalue weighted by Gasteiger charge is -2.22. The molecule has 2 aromatic heterocycles. The van der Waals surface area contributed by atoms with Crippen LogP contribution in [0.5, 0.6) is 0 Å². The Hall–Kier alpha value is -1.44. The summed E-state index contributed by atoms with van der Waals surface area (Å²) in [6.07, 6.45) is 1.48. The summed E-state index contributed by atoms with van der Waals surface area (Å²) in [5.41, 5.74) is 0.484.